The number of nitrogens with zero attached hydrogens (tertiary/aromatic N) is 4. The minimum Gasteiger partial charge on any atom is -0.472 e. The lowest BCUT2D eigenvalue weighted by Crippen LogP contribution is -2.25. The molecule has 144 valence electrons. The number of hydrogen-bond acceptors (Lipinski definition) is 6. The molecule has 2 fully saturated rings. The summed E-state index contributed by atoms with van der Waals surface area (Å²) in [5.41, 5.74) is -0.782. The number of hydrogen-bond donors (Lipinski definition) is 1. The Bertz CT molecular complexity index is 779. The van der Waals surface area contributed by atoms with Gasteiger partial charge in [0.15, 0.2) is 0 Å². The first-order valence-corrected chi connectivity index (χ1v) is 8.98. The quantitative estimate of drug-likeness (QED) is 0.830. The molecule has 1 saturated carbocycles. The normalized spacial score (nSPS) is 20.0. The molecule has 2 aromatic rings. The van der Waals surface area contributed by atoms with E-state index >= 15 is 0 Å². The molecule has 9 heteroatoms. The van der Waals surface area contributed by atoms with Crippen molar-refractivity contribution in [2.45, 2.75) is 31.5 Å². The molecule has 2 aliphatic rings. The third kappa shape index (κ3) is 4.58. The van der Waals surface area contributed by atoms with Crippen LogP contribution in [0.2, 0.25) is 0 Å². The van der Waals surface area contributed by atoms with Gasteiger partial charge in [0.05, 0.1) is 12.1 Å². The zero-order valence-corrected chi connectivity index (χ0v) is 14.6. The van der Waals surface area contributed by atoms with E-state index in [1.54, 1.807) is 0 Å². The Labute approximate surface area is 154 Å². The summed E-state index contributed by atoms with van der Waals surface area (Å²) < 4.78 is 43.5. The van der Waals surface area contributed by atoms with Gasteiger partial charge in [0.2, 0.25) is 5.88 Å². The van der Waals surface area contributed by atoms with Crippen molar-refractivity contribution in [3.63, 3.8) is 0 Å². The van der Waals surface area contributed by atoms with Crippen LogP contribution in [0.4, 0.5) is 24.8 Å². The maximum atomic E-state index is 12.6. The highest BCUT2D eigenvalue weighted by Gasteiger charge is 2.31. The highest BCUT2D eigenvalue weighted by molar-refractivity contribution is 5.49. The van der Waals surface area contributed by atoms with Crippen LogP contribution in [-0.4, -0.2) is 40.7 Å². The van der Waals surface area contributed by atoms with Crippen molar-refractivity contribution in [1.82, 2.24) is 15.0 Å². The lowest BCUT2D eigenvalue weighted by atomic mass is 10.3. The van der Waals surface area contributed by atoms with Crippen LogP contribution < -0.4 is 15.0 Å². The lowest BCUT2D eigenvalue weighted by molar-refractivity contribution is -0.137. The molecule has 2 aromatic heterocycles. The molecular weight excluding hydrogens is 359 g/mol. The van der Waals surface area contributed by atoms with Crippen molar-refractivity contribution < 1.29 is 17.9 Å². The van der Waals surface area contributed by atoms with Crippen LogP contribution in [0.3, 0.4) is 0 Å². The average Bonchev–Trinajstić information content (AvgIpc) is 3.37. The zero-order chi connectivity index (χ0) is 18.9. The van der Waals surface area contributed by atoms with E-state index in [4.69, 9.17) is 4.74 Å². The summed E-state index contributed by atoms with van der Waals surface area (Å²) in [6.07, 6.45) is 1.08. The number of ether oxygens (including phenoxy) is 1. The third-order valence-electron chi connectivity index (χ3n) is 4.74. The molecule has 1 atom stereocenters. The molecule has 1 aliphatic heterocycles. The van der Waals surface area contributed by atoms with Gasteiger partial charge in [-0.25, -0.2) is 15.0 Å². The van der Waals surface area contributed by atoms with Crippen LogP contribution in [0.5, 0.6) is 5.88 Å². The Morgan fingerprint density at radius 2 is 2.00 bits per heavy atom. The number of alkyl halides is 3. The molecule has 27 heavy (non-hydrogen) atoms. The lowest BCUT2D eigenvalue weighted by Gasteiger charge is -2.18. The minimum atomic E-state index is -4.39. The van der Waals surface area contributed by atoms with E-state index in [0.717, 1.165) is 49.3 Å². The summed E-state index contributed by atoms with van der Waals surface area (Å²) in [5, 5.41) is 3.33. The van der Waals surface area contributed by atoms with E-state index in [1.165, 1.54) is 25.2 Å². The van der Waals surface area contributed by atoms with E-state index in [9.17, 15) is 13.2 Å². The average molecular weight is 379 g/mol. The van der Waals surface area contributed by atoms with Gasteiger partial charge in [0.25, 0.3) is 0 Å². The van der Waals surface area contributed by atoms with Gasteiger partial charge in [-0.3, -0.25) is 0 Å². The summed E-state index contributed by atoms with van der Waals surface area (Å²) in [4.78, 5) is 14.4. The van der Waals surface area contributed by atoms with Gasteiger partial charge >= 0.3 is 6.18 Å². The predicted octanol–water partition coefficient (Wildman–Crippen LogP) is 3.37. The molecule has 1 saturated heterocycles. The maximum absolute atomic E-state index is 12.6. The summed E-state index contributed by atoms with van der Waals surface area (Å²) in [5.74, 6) is 2.57. The minimum absolute atomic E-state index is 0.146. The van der Waals surface area contributed by atoms with Crippen LogP contribution in [0.1, 0.15) is 24.8 Å². The van der Waals surface area contributed by atoms with E-state index in [0.29, 0.717) is 6.54 Å². The predicted molar refractivity (Wildman–Crippen MR) is 93.7 cm³/mol. The number of pyridine rings is 1. The van der Waals surface area contributed by atoms with E-state index in [2.05, 4.69) is 25.2 Å². The Kier molecular flexibility index (Phi) is 4.75. The molecule has 6 nitrogen and oxygen atoms in total. The van der Waals surface area contributed by atoms with Gasteiger partial charge in [-0.1, -0.05) is 0 Å². The molecule has 1 unspecified atom stereocenters. The smallest absolute Gasteiger partial charge is 0.417 e. The van der Waals surface area contributed by atoms with Crippen LogP contribution in [0, 0.1) is 5.92 Å². The number of rotatable bonds is 6. The van der Waals surface area contributed by atoms with Gasteiger partial charge in [0.1, 0.15) is 24.1 Å². The van der Waals surface area contributed by atoms with Gasteiger partial charge in [-0.2, -0.15) is 13.2 Å². The molecule has 1 aliphatic carbocycles. The monoisotopic (exact) mass is 379 g/mol. The van der Waals surface area contributed by atoms with E-state index in [-0.39, 0.29) is 12.0 Å². The maximum Gasteiger partial charge on any atom is 0.417 e. The molecule has 4 rings (SSSR count). The fourth-order valence-corrected chi connectivity index (χ4v) is 3.01. The van der Waals surface area contributed by atoms with Crippen molar-refractivity contribution >= 4 is 11.6 Å². The van der Waals surface area contributed by atoms with Crippen LogP contribution in [0.25, 0.3) is 0 Å². The topological polar surface area (TPSA) is 63.2 Å². The second-order valence-electron chi connectivity index (χ2n) is 6.94. The number of nitrogens with one attached hydrogen (secondary N) is 1. The molecule has 3 heterocycles. The Morgan fingerprint density at radius 1 is 1.15 bits per heavy atom. The molecule has 1 N–H and O–H groups in total. The van der Waals surface area contributed by atoms with Gasteiger partial charge in [-0.15, -0.1) is 0 Å². The first kappa shape index (κ1) is 17.8. The van der Waals surface area contributed by atoms with Gasteiger partial charge in [0, 0.05) is 37.8 Å². The third-order valence-corrected chi connectivity index (χ3v) is 4.74. The fourth-order valence-electron chi connectivity index (χ4n) is 3.01. The Hall–Kier alpha value is -2.58. The summed E-state index contributed by atoms with van der Waals surface area (Å²) in [6.45, 7) is 2.29. The van der Waals surface area contributed by atoms with Crippen LogP contribution in [-0.2, 0) is 6.18 Å². The van der Waals surface area contributed by atoms with Crippen LogP contribution >= 0.6 is 0 Å². The molecular formula is C18H20F3N5O. The van der Waals surface area contributed by atoms with Gasteiger partial charge in [-0.05, 0) is 24.8 Å². The van der Waals surface area contributed by atoms with E-state index in [1.807, 2.05) is 6.07 Å². The van der Waals surface area contributed by atoms with Gasteiger partial charge < -0.3 is 15.0 Å². The fraction of sp³-hybridized carbons (Fsp3) is 0.500. The molecule has 0 radical (unpaired) electrons. The van der Waals surface area contributed by atoms with E-state index < -0.39 is 11.7 Å². The summed E-state index contributed by atoms with van der Waals surface area (Å²) in [6, 6.07) is 4.16. The Morgan fingerprint density at radius 3 is 2.70 bits per heavy atom. The highest BCUT2D eigenvalue weighted by Crippen LogP contribution is 2.30. The summed E-state index contributed by atoms with van der Waals surface area (Å²) >= 11 is 0. The van der Waals surface area contributed by atoms with Crippen molar-refractivity contribution in [1.29, 1.82) is 0 Å². The zero-order valence-electron chi connectivity index (χ0n) is 14.6. The summed E-state index contributed by atoms with van der Waals surface area (Å²) in [7, 11) is 0. The van der Waals surface area contributed by atoms with Crippen molar-refractivity contribution in [3.05, 3.63) is 36.3 Å². The first-order chi connectivity index (χ1) is 13.0. The standard InChI is InChI=1S/C18H20F3N5O/c19-18(20,21)13-3-4-17(23-9-13)27-14-5-6-26(10-14)16-7-15(24-11-25-16)22-8-12-1-2-12/h3-4,7,9,11-12,14H,1-2,5-6,8,10H2,(H,22,24,25). The Balaban J connectivity index is 1.33. The number of aromatic nitrogens is 3. The SMILES string of the molecule is FC(F)(F)c1ccc(OC2CCN(c3cc(NCC4CC4)ncn3)C2)nc1. The second kappa shape index (κ2) is 7.21. The highest BCUT2D eigenvalue weighted by atomic mass is 19.4. The molecule has 0 aromatic carbocycles. The molecule has 0 amide bonds. The molecule has 0 spiro atoms. The number of halogens is 3. The van der Waals surface area contributed by atoms with Crippen molar-refractivity contribution in [2.24, 2.45) is 5.92 Å². The van der Waals surface area contributed by atoms with Crippen molar-refractivity contribution in [2.75, 3.05) is 29.9 Å². The molecule has 0 bridgehead atoms. The number of anilines is 2. The largest absolute Gasteiger partial charge is 0.472 e. The first-order valence-electron chi connectivity index (χ1n) is 8.98. The van der Waals surface area contributed by atoms with Crippen LogP contribution in [0.15, 0.2) is 30.7 Å². The van der Waals surface area contributed by atoms with Crippen molar-refractivity contribution in [3.8, 4) is 5.88 Å². The second-order valence-corrected chi connectivity index (χ2v) is 6.94.